The van der Waals surface area contributed by atoms with Gasteiger partial charge in [0.2, 0.25) is 0 Å². The minimum Gasteiger partial charge on any atom is -0.490 e. The van der Waals surface area contributed by atoms with Gasteiger partial charge in [0.05, 0.1) is 22.2 Å². The van der Waals surface area contributed by atoms with E-state index in [4.69, 9.17) is 4.74 Å². The van der Waals surface area contributed by atoms with E-state index >= 15 is 0 Å². The molecule has 0 bridgehead atoms. The zero-order chi connectivity index (χ0) is 16.2. The maximum Gasteiger partial charge on any atom is 0.260 e. The Labute approximate surface area is 138 Å². The van der Waals surface area contributed by atoms with Crippen LogP contribution in [-0.4, -0.2) is 22.2 Å². The van der Waals surface area contributed by atoms with E-state index in [1.165, 1.54) is 0 Å². The van der Waals surface area contributed by atoms with Gasteiger partial charge in [0.15, 0.2) is 5.82 Å². The molecule has 118 valence electrons. The van der Waals surface area contributed by atoms with E-state index in [0.29, 0.717) is 17.1 Å². The predicted molar refractivity (Wildman–Crippen MR) is 92.1 cm³/mol. The lowest BCUT2D eigenvalue weighted by Crippen LogP contribution is -2.15. The van der Waals surface area contributed by atoms with Crippen molar-refractivity contribution in [2.24, 2.45) is 0 Å². The fourth-order valence-electron chi connectivity index (χ4n) is 2.14. The number of amides is 1. The molecule has 3 rings (SSSR count). The Hall–Kier alpha value is -2.60. The highest BCUT2D eigenvalue weighted by Crippen LogP contribution is 2.25. The van der Waals surface area contributed by atoms with Crippen molar-refractivity contribution in [1.29, 1.82) is 0 Å². The van der Waals surface area contributed by atoms with E-state index in [-0.39, 0.29) is 12.0 Å². The Morgan fingerprint density at radius 3 is 2.83 bits per heavy atom. The number of anilines is 1. The standard InChI is InChI=1S/C17H17N3O2S/c1-11(2)22-14-7-4-3-6-12(14)17(21)18-16-10-13(19-20-16)15-8-5-9-23-15/h3-11H,1-2H3,(H2,18,19,20,21). The summed E-state index contributed by atoms with van der Waals surface area (Å²) >= 11 is 1.61. The number of aromatic nitrogens is 2. The summed E-state index contributed by atoms with van der Waals surface area (Å²) < 4.78 is 5.68. The molecule has 2 N–H and O–H groups in total. The molecule has 0 atom stereocenters. The summed E-state index contributed by atoms with van der Waals surface area (Å²) in [5.41, 5.74) is 1.36. The third-order valence-corrected chi connectivity index (χ3v) is 4.00. The topological polar surface area (TPSA) is 67.0 Å². The van der Waals surface area contributed by atoms with Crippen LogP contribution in [0.5, 0.6) is 5.75 Å². The summed E-state index contributed by atoms with van der Waals surface area (Å²) in [4.78, 5) is 13.5. The van der Waals surface area contributed by atoms with Gasteiger partial charge >= 0.3 is 0 Å². The average molecular weight is 327 g/mol. The maximum absolute atomic E-state index is 12.5. The molecule has 1 amide bonds. The second-order valence-corrected chi connectivity index (χ2v) is 6.21. The van der Waals surface area contributed by atoms with Gasteiger partial charge in [0, 0.05) is 6.07 Å². The van der Waals surface area contributed by atoms with Crippen molar-refractivity contribution >= 4 is 23.1 Å². The molecule has 0 saturated heterocycles. The van der Waals surface area contributed by atoms with Gasteiger partial charge < -0.3 is 10.1 Å². The van der Waals surface area contributed by atoms with Crippen LogP contribution in [0.15, 0.2) is 47.8 Å². The van der Waals surface area contributed by atoms with Gasteiger partial charge in [-0.25, -0.2) is 0 Å². The molecule has 0 spiro atoms. The fourth-order valence-corrected chi connectivity index (χ4v) is 2.83. The van der Waals surface area contributed by atoms with Crippen LogP contribution in [0.1, 0.15) is 24.2 Å². The molecule has 2 heterocycles. The molecule has 0 unspecified atom stereocenters. The first-order valence-electron chi connectivity index (χ1n) is 7.30. The van der Waals surface area contributed by atoms with Gasteiger partial charge in [-0.3, -0.25) is 9.89 Å². The summed E-state index contributed by atoms with van der Waals surface area (Å²) in [6.07, 6.45) is -0.000218. The first kappa shape index (κ1) is 15.3. The first-order valence-corrected chi connectivity index (χ1v) is 8.18. The number of carbonyl (C=O) groups excluding carboxylic acids is 1. The monoisotopic (exact) mass is 327 g/mol. The maximum atomic E-state index is 12.5. The number of H-pyrrole nitrogens is 1. The number of nitrogens with one attached hydrogen (secondary N) is 2. The van der Waals surface area contributed by atoms with E-state index < -0.39 is 0 Å². The van der Waals surface area contributed by atoms with Crippen molar-refractivity contribution in [1.82, 2.24) is 10.2 Å². The van der Waals surface area contributed by atoms with Gasteiger partial charge in [-0.15, -0.1) is 11.3 Å². The number of rotatable bonds is 5. The fraction of sp³-hybridized carbons (Fsp3) is 0.176. The number of aromatic amines is 1. The minimum atomic E-state index is -0.245. The Bertz CT molecular complexity index is 794. The highest BCUT2D eigenvalue weighted by Gasteiger charge is 2.15. The molecule has 0 aliphatic carbocycles. The lowest BCUT2D eigenvalue weighted by Gasteiger charge is -2.13. The normalized spacial score (nSPS) is 10.7. The molecule has 1 aromatic carbocycles. The minimum absolute atomic E-state index is 0.000218. The molecule has 6 heteroatoms. The van der Waals surface area contributed by atoms with Crippen LogP contribution in [0, 0.1) is 0 Å². The molecule has 2 aromatic heterocycles. The van der Waals surface area contributed by atoms with Gasteiger partial charge in [0.1, 0.15) is 5.75 Å². The molecule has 0 aliphatic rings. The Morgan fingerprint density at radius 1 is 1.26 bits per heavy atom. The number of nitrogens with zero attached hydrogens (tertiary/aromatic N) is 1. The summed E-state index contributed by atoms with van der Waals surface area (Å²) in [5, 5.41) is 11.9. The van der Waals surface area contributed by atoms with E-state index in [2.05, 4.69) is 15.5 Å². The zero-order valence-electron chi connectivity index (χ0n) is 12.9. The Morgan fingerprint density at radius 2 is 2.09 bits per heavy atom. The molecule has 0 aliphatic heterocycles. The molecule has 3 aromatic rings. The van der Waals surface area contributed by atoms with Crippen LogP contribution in [-0.2, 0) is 0 Å². The van der Waals surface area contributed by atoms with Crippen molar-refractivity contribution in [2.75, 3.05) is 5.32 Å². The second kappa shape index (κ2) is 6.66. The molecule has 5 nitrogen and oxygen atoms in total. The predicted octanol–water partition coefficient (Wildman–Crippen LogP) is 4.18. The van der Waals surface area contributed by atoms with Gasteiger partial charge in [-0.2, -0.15) is 5.10 Å². The van der Waals surface area contributed by atoms with Crippen molar-refractivity contribution in [3.63, 3.8) is 0 Å². The van der Waals surface area contributed by atoms with E-state index in [1.54, 1.807) is 23.5 Å². The van der Waals surface area contributed by atoms with Crippen molar-refractivity contribution in [2.45, 2.75) is 20.0 Å². The van der Waals surface area contributed by atoms with Crippen molar-refractivity contribution in [3.05, 3.63) is 53.4 Å². The van der Waals surface area contributed by atoms with Gasteiger partial charge in [0.25, 0.3) is 5.91 Å². The molecular weight excluding hydrogens is 310 g/mol. The number of para-hydroxylation sites is 1. The lowest BCUT2D eigenvalue weighted by molar-refractivity contribution is 0.102. The second-order valence-electron chi connectivity index (χ2n) is 5.26. The lowest BCUT2D eigenvalue weighted by atomic mass is 10.2. The number of ether oxygens (including phenoxy) is 1. The number of carbonyl (C=O) groups is 1. The molecule has 23 heavy (non-hydrogen) atoms. The van der Waals surface area contributed by atoms with E-state index in [1.807, 2.05) is 49.6 Å². The Balaban J connectivity index is 1.77. The number of benzene rings is 1. The van der Waals surface area contributed by atoms with Crippen LogP contribution >= 0.6 is 11.3 Å². The van der Waals surface area contributed by atoms with Gasteiger partial charge in [-0.05, 0) is 37.4 Å². The number of hydrogen-bond donors (Lipinski definition) is 2. The molecule has 0 radical (unpaired) electrons. The van der Waals surface area contributed by atoms with E-state index in [0.717, 1.165) is 10.6 Å². The average Bonchev–Trinajstić information content (AvgIpc) is 3.17. The van der Waals surface area contributed by atoms with E-state index in [9.17, 15) is 4.79 Å². The molecular formula is C17H17N3O2S. The van der Waals surface area contributed by atoms with Crippen LogP contribution in [0.2, 0.25) is 0 Å². The van der Waals surface area contributed by atoms with Crippen LogP contribution in [0.3, 0.4) is 0 Å². The van der Waals surface area contributed by atoms with Crippen LogP contribution < -0.4 is 10.1 Å². The SMILES string of the molecule is CC(C)Oc1ccccc1C(=O)Nc1cc(-c2cccs2)[nH]n1. The first-order chi connectivity index (χ1) is 11.1. The molecule has 0 fully saturated rings. The summed E-state index contributed by atoms with van der Waals surface area (Å²) in [7, 11) is 0. The third kappa shape index (κ3) is 3.60. The molecule has 0 saturated carbocycles. The number of hydrogen-bond acceptors (Lipinski definition) is 4. The summed E-state index contributed by atoms with van der Waals surface area (Å²) in [6, 6.07) is 13.0. The number of thiophene rings is 1. The Kier molecular flexibility index (Phi) is 4.43. The van der Waals surface area contributed by atoms with Crippen molar-refractivity contribution < 1.29 is 9.53 Å². The highest BCUT2D eigenvalue weighted by molar-refractivity contribution is 7.13. The summed E-state index contributed by atoms with van der Waals surface area (Å²) in [6.45, 7) is 3.85. The smallest absolute Gasteiger partial charge is 0.260 e. The summed E-state index contributed by atoms with van der Waals surface area (Å²) in [5.74, 6) is 0.803. The highest BCUT2D eigenvalue weighted by atomic mass is 32.1. The van der Waals surface area contributed by atoms with Crippen LogP contribution in [0.25, 0.3) is 10.6 Å². The third-order valence-electron chi connectivity index (χ3n) is 3.10. The van der Waals surface area contributed by atoms with Crippen molar-refractivity contribution in [3.8, 4) is 16.3 Å². The van der Waals surface area contributed by atoms with Gasteiger partial charge in [-0.1, -0.05) is 18.2 Å². The zero-order valence-corrected chi connectivity index (χ0v) is 13.7. The largest absolute Gasteiger partial charge is 0.490 e. The van der Waals surface area contributed by atoms with Crippen LogP contribution in [0.4, 0.5) is 5.82 Å². The quantitative estimate of drug-likeness (QED) is 0.739.